The average molecular weight is 462 g/mol. The number of Topliss-reactive ketones (excluding diaryl/α,β-unsaturated/α-hetero) is 2. The van der Waals surface area contributed by atoms with Gasteiger partial charge in [0.1, 0.15) is 5.92 Å². The molecule has 1 unspecified atom stereocenters. The zero-order valence-electron chi connectivity index (χ0n) is 17.9. The van der Waals surface area contributed by atoms with Gasteiger partial charge in [-0.2, -0.15) is 0 Å². The molecule has 4 aromatic rings. The number of ketones is 2. The van der Waals surface area contributed by atoms with Crippen LogP contribution in [0.25, 0.3) is 10.9 Å². The number of aromatic carboxylic acids is 1. The van der Waals surface area contributed by atoms with Gasteiger partial charge in [0, 0.05) is 16.5 Å². The second-order valence-corrected chi connectivity index (χ2v) is 8.30. The van der Waals surface area contributed by atoms with Crippen LogP contribution in [0.15, 0.2) is 72.8 Å². The van der Waals surface area contributed by atoms with Gasteiger partial charge in [0.2, 0.25) is 0 Å². The third kappa shape index (κ3) is 2.86. The summed E-state index contributed by atoms with van der Waals surface area (Å²) in [6, 6.07) is 18.6. The van der Waals surface area contributed by atoms with Gasteiger partial charge >= 0.3 is 5.97 Å². The Hall–Kier alpha value is -4.98. The Kier molecular flexibility index (Phi) is 4.28. The minimum Gasteiger partial charge on any atom is -0.478 e. The van der Waals surface area contributed by atoms with E-state index in [9.17, 15) is 29.1 Å². The van der Waals surface area contributed by atoms with Crippen molar-refractivity contribution in [1.29, 1.82) is 0 Å². The first-order valence-corrected chi connectivity index (χ1v) is 10.7. The predicted octanol–water partition coefficient (Wildman–Crippen LogP) is 3.90. The zero-order chi connectivity index (χ0) is 24.4. The van der Waals surface area contributed by atoms with Crippen LogP contribution in [0, 0.1) is 0 Å². The van der Waals surface area contributed by atoms with Gasteiger partial charge in [-0.05, 0) is 42.5 Å². The van der Waals surface area contributed by atoms with Crippen molar-refractivity contribution in [2.24, 2.45) is 0 Å². The molecule has 1 atom stereocenters. The van der Waals surface area contributed by atoms with Crippen molar-refractivity contribution in [3.05, 3.63) is 106 Å². The number of amides is 2. The lowest BCUT2D eigenvalue weighted by Gasteiger charge is -2.17. The molecule has 35 heavy (non-hydrogen) atoms. The third-order valence-corrected chi connectivity index (χ3v) is 6.37. The summed E-state index contributed by atoms with van der Waals surface area (Å²) in [5, 5.41) is 9.86. The molecule has 2 aliphatic rings. The first-order valence-electron chi connectivity index (χ1n) is 10.7. The molecule has 0 spiro atoms. The van der Waals surface area contributed by atoms with E-state index in [4.69, 9.17) is 0 Å². The van der Waals surface area contributed by atoms with Gasteiger partial charge in [0.25, 0.3) is 11.8 Å². The molecule has 168 valence electrons. The second-order valence-electron chi connectivity index (χ2n) is 8.30. The summed E-state index contributed by atoms with van der Waals surface area (Å²) in [4.78, 5) is 69.3. The van der Waals surface area contributed by atoms with E-state index in [1.54, 1.807) is 54.6 Å². The molecule has 2 heterocycles. The van der Waals surface area contributed by atoms with Crippen molar-refractivity contribution in [2.45, 2.75) is 5.92 Å². The second kappa shape index (κ2) is 7.26. The molecule has 1 aromatic heterocycles. The van der Waals surface area contributed by atoms with Crippen LogP contribution in [-0.4, -0.2) is 39.4 Å². The van der Waals surface area contributed by atoms with Crippen LogP contribution in [-0.2, 0) is 0 Å². The van der Waals surface area contributed by atoms with Crippen molar-refractivity contribution < 1.29 is 29.1 Å². The Balaban J connectivity index is 1.47. The molecule has 0 saturated carbocycles. The Labute approximate surface area is 197 Å². The first kappa shape index (κ1) is 20.6. The quantitative estimate of drug-likeness (QED) is 0.362. The minimum atomic E-state index is -1.24. The van der Waals surface area contributed by atoms with Crippen molar-refractivity contribution in [3.63, 3.8) is 0 Å². The number of hydrogen-bond donors (Lipinski definition) is 1. The fraction of sp³-hybridized carbons (Fsp3) is 0.0370. The van der Waals surface area contributed by atoms with Gasteiger partial charge in [-0.1, -0.05) is 30.3 Å². The molecule has 1 aliphatic carbocycles. The van der Waals surface area contributed by atoms with Crippen molar-refractivity contribution in [1.82, 2.24) is 4.98 Å². The van der Waals surface area contributed by atoms with Crippen LogP contribution in [0.1, 0.15) is 63.4 Å². The molecule has 0 bridgehead atoms. The van der Waals surface area contributed by atoms with Gasteiger partial charge in [0.05, 0.1) is 33.6 Å². The molecule has 8 nitrogen and oxygen atoms in total. The van der Waals surface area contributed by atoms with Gasteiger partial charge in [-0.3, -0.25) is 19.2 Å². The van der Waals surface area contributed by atoms with E-state index in [0.717, 1.165) is 4.90 Å². The lowest BCUT2D eigenvalue weighted by atomic mass is 9.98. The smallest absolute Gasteiger partial charge is 0.335 e. The van der Waals surface area contributed by atoms with Crippen LogP contribution >= 0.6 is 0 Å². The predicted molar refractivity (Wildman–Crippen MR) is 124 cm³/mol. The van der Waals surface area contributed by atoms with E-state index in [1.165, 1.54) is 18.2 Å². The van der Waals surface area contributed by atoms with E-state index >= 15 is 0 Å². The SMILES string of the molecule is O=C(O)c1ccc2c(c1)C(=O)C(c1ccc3cccc(N4C(=O)c5ccccc5C4=O)c3n1)C2=O. The molecule has 1 aliphatic heterocycles. The highest BCUT2D eigenvalue weighted by molar-refractivity contribution is 6.36. The molecule has 0 fully saturated rings. The number of rotatable bonds is 3. The topological polar surface area (TPSA) is 122 Å². The van der Waals surface area contributed by atoms with Crippen molar-refractivity contribution in [2.75, 3.05) is 4.90 Å². The number of benzene rings is 3. The van der Waals surface area contributed by atoms with E-state index in [-0.39, 0.29) is 39.2 Å². The Bertz CT molecular complexity index is 1640. The molecule has 6 rings (SSSR count). The molecular formula is C27H14N2O6. The Morgan fingerprint density at radius 3 is 2.11 bits per heavy atom. The van der Waals surface area contributed by atoms with Crippen LogP contribution in [0.5, 0.6) is 0 Å². The minimum absolute atomic E-state index is 0.0374. The molecule has 8 heteroatoms. The number of aromatic nitrogens is 1. The third-order valence-electron chi connectivity index (χ3n) is 6.37. The van der Waals surface area contributed by atoms with Crippen molar-refractivity contribution in [3.8, 4) is 0 Å². The van der Waals surface area contributed by atoms with Gasteiger partial charge in [-0.25, -0.2) is 14.7 Å². The number of fused-ring (bicyclic) bond motifs is 3. The summed E-state index contributed by atoms with van der Waals surface area (Å²) in [6.45, 7) is 0. The molecule has 2 amide bonds. The van der Waals surface area contributed by atoms with Crippen LogP contribution in [0.4, 0.5) is 5.69 Å². The van der Waals surface area contributed by atoms with Crippen molar-refractivity contribution >= 4 is 45.9 Å². The maximum absolute atomic E-state index is 13.1. The number of carbonyl (C=O) groups is 5. The highest BCUT2D eigenvalue weighted by Crippen LogP contribution is 2.37. The number of carboxylic acids is 1. The van der Waals surface area contributed by atoms with Crippen LogP contribution < -0.4 is 4.90 Å². The highest BCUT2D eigenvalue weighted by atomic mass is 16.4. The summed E-state index contributed by atoms with van der Waals surface area (Å²) in [5.41, 5.74) is 1.36. The fourth-order valence-electron chi connectivity index (χ4n) is 4.69. The average Bonchev–Trinajstić information content (AvgIpc) is 3.27. The van der Waals surface area contributed by atoms with E-state index in [2.05, 4.69) is 4.98 Å². The van der Waals surface area contributed by atoms with Crippen LogP contribution in [0.2, 0.25) is 0 Å². The molecule has 0 saturated heterocycles. The maximum Gasteiger partial charge on any atom is 0.335 e. The van der Waals surface area contributed by atoms with E-state index in [0.29, 0.717) is 10.9 Å². The van der Waals surface area contributed by atoms with Gasteiger partial charge in [-0.15, -0.1) is 0 Å². The monoisotopic (exact) mass is 462 g/mol. The summed E-state index contributed by atoms with van der Waals surface area (Å²) >= 11 is 0. The van der Waals surface area contributed by atoms with E-state index < -0.39 is 35.3 Å². The normalized spacial score (nSPS) is 16.7. The molecule has 0 radical (unpaired) electrons. The number of anilines is 1. The summed E-state index contributed by atoms with van der Waals surface area (Å²) in [6.07, 6.45) is 0. The van der Waals surface area contributed by atoms with Gasteiger partial charge in [0.15, 0.2) is 11.6 Å². The number of hydrogen-bond acceptors (Lipinski definition) is 6. The first-order chi connectivity index (χ1) is 16.9. The largest absolute Gasteiger partial charge is 0.478 e. The number of nitrogens with zero attached hydrogens (tertiary/aromatic N) is 2. The van der Waals surface area contributed by atoms with E-state index in [1.807, 2.05) is 0 Å². The van der Waals surface area contributed by atoms with Crippen LogP contribution in [0.3, 0.4) is 0 Å². The zero-order valence-corrected chi connectivity index (χ0v) is 17.9. The standard InChI is InChI=1S/C27H14N2O6/c30-23-15-10-8-14(27(34)35)12-18(15)24(31)21(23)19-11-9-13-4-3-7-20(22(13)28-19)29-25(32)16-5-1-2-6-17(16)26(29)33/h1-12,21H,(H,34,35). The lowest BCUT2D eigenvalue weighted by Crippen LogP contribution is -2.29. The summed E-state index contributed by atoms with van der Waals surface area (Å²) < 4.78 is 0. The molecule has 1 N–H and O–H groups in total. The lowest BCUT2D eigenvalue weighted by molar-refractivity contribution is 0.0695. The summed E-state index contributed by atoms with van der Waals surface area (Å²) in [5.74, 6) is -4.43. The number of carbonyl (C=O) groups excluding carboxylic acids is 4. The fourth-order valence-corrected chi connectivity index (χ4v) is 4.69. The molecule has 3 aromatic carbocycles. The summed E-state index contributed by atoms with van der Waals surface area (Å²) in [7, 11) is 0. The Morgan fingerprint density at radius 2 is 1.43 bits per heavy atom. The number of carboxylic acid groups (broad SMARTS) is 1. The molecular weight excluding hydrogens is 448 g/mol. The number of imide groups is 1. The number of para-hydroxylation sites is 1. The highest BCUT2D eigenvalue weighted by Gasteiger charge is 2.42. The van der Waals surface area contributed by atoms with Gasteiger partial charge < -0.3 is 5.11 Å². The Morgan fingerprint density at radius 1 is 0.743 bits per heavy atom. The maximum atomic E-state index is 13.1. The number of pyridine rings is 1.